The molecule has 0 spiro atoms. The molecule has 5 heteroatoms. The number of allylic oxidation sites excluding steroid dienone is 1. The molecule has 0 saturated heterocycles. The van der Waals surface area contributed by atoms with Gasteiger partial charge >= 0.3 is 5.97 Å². The van der Waals surface area contributed by atoms with E-state index >= 15 is 0 Å². The molecule has 1 aliphatic heterocycles. The van der Waals surface area contributed by atoms with E-state index in [2.05, 4.69) is 6.58 Å². The molecule has 0 radical (unpaired) electrons. The molecule has 1 atom stereocenters. The zero-order valence-corrected chi connectivity index (χ0v) is 17.4. The lowest BCUT2D eigenvalue weighted by Crippen LogP contribution is -2.38. The molecule has 29 heavy (non-hydrogen) atoms. The van der Waals surface area contributed by atoms with Gasteiger partial charge in [-0.25, -0.2) is 4.79 Å². The third-order valence-electron chi connectivity index (χ3n) is 5.09. The molecule has 150 valence electrons. The van der Waals surface area contributed by atoms with E-state index in [1.807, 2.05) is 43.3 Å². The molecule has 2 aromatic rings. The topological polar surface area (TPSA) is 46.6 Å². The Kier molecular flexibility index (Phi) is 6.55. The minimum absolute atomic E-state index is 0.0340. The van der Waals surface area contributed by atoms with Crippen molar-refractivity contribution in [2.24, 2.45) is 0 Å². The number of amides is 1. The lowest BCUT2D eigenvalue weighted by atomic mass is 9.83. The minimum Gasteiger partial charge on any atom is -0.458 e. The Bertz CT molecular complexity index is 962. The van der Waals surface area contributed by atoms with Gasteiger partial charge in [0.2, 0.25) is 5.91 Å². The second-order valence-corrected chi connectivity index (χ2v) is 7.60. The number of nitrogens with zero attached hydrogens (tertiary/aromatic N) is 1. The Labute approximate surface area is 176 Å². The van der Waals surface area contributed by atoms with Gasteiger partial charge in [0.1, 0.15) is 6.61 Å². The summed E-state index contributed by atoms with van der Waals surface area (Å²) in [6, 6.07) is 15.3. The molecule has 0 bridgehead atoms. The Balaban J connectivity index is 2.01. The molecule has 0 N–H and O–H groups in total. The summed E-state index contributed by atoms with van der Waals surface area (Å²) in [5.41, 5.74) is 4.08. The first-order chi connectivity index (χ1) is 13.9. The van der Waals surface area contributed by atoms with Crippen molar-refractivity contribution in [2.45, 2.75) is 32.7 Å². The summed E-state index contributed by atoms with van der Waals surface area (Å²) in [5.74, 6) is -0.866. The van der Waals surface area contributed by atoms with Crippen LogP contribution in [0.5, 0.6) is 0 Å². The van der Waals surface area contributed by atoms with Gasteiger partial charge in [-0.1, -0.05) is 66.2 Å². The zero-order valence-electron chi connectivity index (χ0n) is 16.7. The molecule has 0 fully saturated rings. The smallest absolute Gasteiger partial charge is 0.336 e. The number of carbonyl (C=O) groups excluding carboxylic acids is 2. The van der Waals surface area contributed by atoms with Crippen LogP contribution in [-0.2, 0) is 20.9 Å². The highest BCUT2D eigenvalue weighted by Crippen LogP contribution is 2.38. The first kappa shape index (κ1) is 20.9. The van der Waals surface area contributed by atoms with Crippen molar-refractivity contribution < 1.29 is 14.3 Å². The van der Waals surface area contributed by atoms with Crippen LogP contribution in [0, 0.1) is 6.92 Å². The van der Waals surface area contributed by atoms with Crippen molar-refractivity contribution >= 4 is 23.5 Å². The lowest BCUT2D eigenvalue weighted by Gasteiger charge is -2.34. The molecule has 1 amide bonds. The summed E-state index contributed by atoms with van der Waals surface area (Å²) < 4.78 is 5.35. The fourth-order valence-electron chi connectivity index (χ4n) is 3.56. The van der Waals surface area contributed by atoms with Gasteiger partial charge in [-0.05, 0) is 37.1 Å². The Morgan fingerprint density at radius 3 is 2.62 bits per heavy atom. The summed E-state index contributed by atoms with van der Waals surface area (Å²) in [7, 11) is 0. The molecule has 2 aromatic carbocycles. The number of hydrogen-bond acceptors (Lipinski definition) is 3. The highest BCUT2D eigenvalue weighted by atomic mass is 35.5. The highest BCUT2D eigenvalue weighted by Gasteiger charge is 2.36. The molecule has 4 nitrogen and oxygen atoms in total. The van der Waals surface area contributed by atoms with Crippen LogP contribution in [0.3, 0.4) is 0 Å². The molecule has 0 aliphatic carbocycles. The molecule has 0 saturated carbocycles. The van der Waals surface area contributed by atoms with E-state index in [-0.39, 0.29) is 18.9 Å². The van der Waals surface area contributed by atoms with Gasteiger partial charge in [-0.2, -0.15) is 0 Å². The van der Waals surface area contributed by atoms with Crippen LogP contribution in [0.25, 0.3) is 0 Å². The summed E-state index contributed by atoms with van der Waals surface area (Å²) >= 11 is 6.16. The molecule has 3 rings (SSSR count). The fourth-order valence-corrected chi connectivity index (χ4v) is 3.76. The van der Waals surface area contributed by atoms with Gasteiger partial charge in [0, 0.05) is 23.1 Å². The summed E-state index contributed by atoms with van der Waals surface area (Å²) in [4.78, 5) is 27.6. The third-order valence-corrected chi connectivity index (χ3v) is 5.32. The second kappa shape index (κ2) is 9.10. The second-order valence-electron chi connectivity index (χ2n) is 7.16. The van der Waals surface area contributed by atoms with Crippen molar-refractivity contribution in [1.82, 2.24) is 4.90 Å². The SMILES string of the molecule is C=CCOC(=O)C1=C(C)N(Cc2ccc(C)cc2)C(=O)CC1c1cccc(Cl)c1. The number of hydrogen-bond donors (Lipinski definition) is 0. The first-order valence-corrected chi connectivity index (χ1v) is 9.88. The maximum atomic E-state index is 13.0. The normalized spacial score (nSPS) is 16.7. The number of esters is 1. The summed E-state index contributed by atoms with van der Waals surface area (Å²) in [6.07, 6.45) is 1.71. The van der Waals surface area contributed by atoms with Crippen molar-refractivity contribution in [1.29, 1.82) is 0 Å². The van der Waals surface area contributed by atoms with Gasteiger partial charge in [0.25, 0.3) is 0 Å². The predicted octanol–water partition coefficient (Wildman–Crippen LogP) is 5.17. The van der Waals surface area contributed by atoms with Gasteiger partial charge in [-0.3, -0.25) is 4.79 Å². The van der Waals surface area contributed by atoms with Crippen molar-refractivity contribution in [2.75, 3.05) is 6.61 Å². The molecule has 0 aromatic heterocycles. The summed E-state index contributed by atoms with van der Waals surface area (Å²) in [5, 5.41) is 0.563. The molecular weight excluding hydrogens is 386 g/mol. The van der Waals surface area contributed by atoms with Crippen LogP contribution in [0.1, 0.15) is 36.0 Å². The van der Waals surface area contributed by atoms with E-state index in [9.17, 15) is 9.59 Å². The third kappa shape index (κ3) is 4.77. The molecule has 1 unspecified atom stereocenters. The highest BCUT2D eigenvalue weighted by molar-refractivity contribution is 6.30. The van der Waals surface area contributed by atoms with Crippen molar-refractivity contribution in [3.63, 3.8) is 0 Å². The largest absolute Gasteiger partial charge is 0.458 e. The van der Waals surface area contributed by atoms with E-state index in [4.69, 9.17) is 16.3 Å². The van der Waals surface area contributed by atoms with Gasteiger partial charge in [0.15, 0.2) is 0 Å². The van der Waals surface area contributed by atoms with Crippen LogP contribution >= 0.6 is 11.6 Å². The zero-order chi connectivity index (χ0) is 21.0. The van der Waals surface area contributed by atoms with E-state index in [1.54, 1.807) is 24.0 Å². The van der Waals surface area contributed by atoms with E-state index in [0.717, 1.165) is 16.7 Å². The number of ether oxygens (including phenoxy) is 1. The van der Waals surface area contributed by atoms with Crippen LogP contribution in [0.15, 0.2) is 72.5 Å². The maximum Gasteiger partial charge on any atom is 0.336 e. The van der Waals surface area contributed by atoms with Crippen LogP contribution in [0.2, 0.25) is 5.02 Å². The van der Waals surface area contributed by atoms with E-state index < -0.39 is 11.9 Å². The molecular formula is C24H24ClNO3. The fraction of sp³-hybridized carbons (Fsp3) is 0.250. The minimum atomic E-state index is -0.436. The van der Waals surface area contributed by atoms with Crippen molar-refractivity contribution in [3.05, 3.63) is 94.2 Å². The molecule has 1 heterocycles. The van der Waals surface area contributed by atoms with E-state index in [1.165, 1.54) is 6.08 Å². The lowest BCUT2D eigenvalue weighted by molar-refractivity contribution is -0.139. The van der Waals surface area contributed by atoms with Gasteiger partial charge in [0.05, 0.1) is 12.1 Å². The van der Waals surface area contributed by atoms with Gasteiger partial charge in [-0.15, -0.1) is 0 Å². The number of rotatable bonds is 6. The number of halogens is 1. The average molecular weight is 410 g/mol. The summed E-state index contributed by atoms with van der Waals surface area (Å²) in [6.45, 7) is 7.94. The monoisotopic (exact) mass is 409 g/mol. The van der Waals surface area contributed by atoms with Crippen LogP contribution in [-0.4, -0.2) is 23.4 Å². The van der Waals surface area contributed by atoms with E-state index in [0.29, 0.717) is 22.8 Å². The number of aryl methyl sites for hydroxylation is 1. The van der Waals surface area contributed by atoms with Gasteiger partial charge < -0.3 is 9.64 Å². The quantitative estimate of drug-likeness (QED) is 0.488. The first-order valence-electron chi connectivity index (χ1n) is 9.51. The Morgan fingerprint density at radius 1 is 1.24 bits per heavy atom. The number of carbonyl (C=O) groups is 2. The maximum absolute atomic E-state index is 13.0. The molecule has 1 aliphatic rings. The standard InChI is InChI=1S/C24H24ClNO3/c1-4-12-29-24(28)23-17(3)26(15-18-10-8-16(2)9-11-18)22(27)14-21(23)19-6-5-7-20(25)13-19/h4-11,13,21H,1,12,14-15H2,2-3H3. The average Bonchev–Trinajstić information content (AvgIpc) is 2.70. The predicted molar refractivity (Wildman–Crippen MR) is 114 cm³/mol. The van der Waals surface area contributed by atoms with Crippen molar-refractivity contribution in [3.8, 4) is 0 Å². The van der Waals surface area contributed by atoms with Crippen LogP contribution < -0.4 is 0 Å². The van der Waals surface area contributed by atoms with Crippen LogP contribution in [0.4, 0.5) is 0 Å². The Morgan fingerprint density at radius 2 is 1.97 bits per heavy atom. The number of benzene rings is 2. The Hall–Kier alpha value is -2.85.